The lowest BCUT2D eigenvalue weighted by molar-refractivity contribution is -0.119. The Labute approximate surface area is 174 Å². The highest BCUT2D eigenvalue weighted by Gasteiger charge is 2.48. The number of hydrogen-bond acceptors (Lipinski definition) is 6. The van der Waals surface area contributed by atoms with Crippen molar-refractivity contribution in [1.82, 2.24) is 10.2 Å². The molecule has 7 nitrogen and oxygen atoms in total. The molecule has 1 aromatic rings. The van der Waals surface area contributed by atoms with Gasteiger partial charge in [0.2, 0.25) is 5.91 Å². The average Bonchev–Trinajstić information content (AvgIpc) is 2.55. The second-order valence-corrected chi connectivity index (χ2v) is 8.97. The Kier molecular flexibility index (Phi) is 10.6. The number of sulfone groups is 1. The van der Waals surface area contributed by atoms with Crippen molar-refractivity contribution < 1.29 is 17.9 Å². The van der Waals surface area contributed by atoms with Crippen LogP contribution in [0.5, 0.6) is 5.75 Å². The Morgan fingerprint density at radius 3 is 2.22 bits per heavy atom. The molecule has 27 heavy (non-hydrogen) atoms. The van der Waals surface area contributed by atoms with Crippen LogP contribution >= 0.6 is 24.8 Å². The lowest BCUT2D eigenvalue weighted by Gasteiger charge is -2.34. The molecule has 0 radical (unpaired) electrons. The van der Waals surface area contributed by atoms with Gasteiger partial charge in [-0.25, -0.2) is 8.42 Å². The van der Waals surface area contributed by atoms with Crippen LogP contribution in [0.25, 0.3) is 0 Å². The molecule has 0 aromatic heterocycles. The topological polar surface area (TPSA) is 87.7 Å². The first-order valence-electron chi connectivity index (χ1n) is 8.34. The molecule has 1 aromatic carbocycles. The highest BCUT2D eigenvalue weighted by molar-refractivity contribution is 7.92. The molecular formula is C17H29Cl2N3O4S. The van der Waals surface area contributed by atoms with E-state index in [0.29, 0.717) is 31.1 Å². The van der Waals surface area contributed by atoms with Gasteiger partial charge in [0, 0.05) is 18.5 Å². The molecule has 0 atom stereocenters. The number of likely N-dealkylation sites (N-methyl/N-ethyl adjacent to an activating group) is 1. The predicted octanol–water partition coefficient (Wildman–Crippen LogP) is 1.58. The van der Waals surface area contributed by atoms with Crippen LogP contribution in [-0.2, 0) is 14.6 Å². The lowest BCUT2D eigenvalue weighted by Crippen LogP contribution is -2.55. The number of hydrogen-bond donors (Lipinski definition) is 2. The minimum Gasteiger partial charge on any atom is -0.492 e. The molecule has 0 spiro atoms. The Hall–Kier alpha value is -1.06. The van der Waals surface area contributed by atoms with Gasteiger partial charge in [0.25, 0.3) is 0 Å². The summed E-state index contributed by atoms with van der Waals surface area (Å²) in [6.45, 7) is 2.41. The predicted molar refractivity (Wildman–Crippen MR) is 113 cm³/mol. The standard InChI is InChI=1S/C17H27N3O4S.2ClH/c1-20(2)12-13-24-15-6-4-14(5-7-15)19-16(21)17(25(3,22)23)8-10-18-11-9-17;;/h4-7,18H,8-13H2,1-3H3,(H,19,21);2*1H. The summed E-state index contributed by atoms with van der Waals surface area (Å²) in [5.74, 6) is 0.248. The first-order valence-corrected chi connectivity index (χ1v) is 10.2. The van der Waals surface area contributed by atoms with E-state index in [0.717, 1.165) is 12.8 Å². The van der Waals surface area contributed by atoms with Gasteiger partial charge in [-0.3, -0.25) is 4.79 Å². The van der Waals surface area contributed by atoms with Crippen molar-refractivity contribution in [2.24, 2.45) is 0 Å². The fraction of sp³-hybridized carbons (Fsp3) is 0.588. The maximum absolute atomic E-state index is 12.7. The molecule has 1 aliphatic rings. The second kappa shape index (κ2) is 11.1. The van der Waals surface area contributed by atoms with Gasteiger partial charge in [0.15, 0.2) is 14.6 Å². The normalized spacial score (nSPS) is 16.0. The molecule has 2 N–H and O–H groups in total. The number of carbonyl (C=O) groups excluding carboxylic acids is 1. The summed E-state index contributed by atoms with van der Waals surface area (Å²) in [5, 5.41) is 5.85. The highest BCUT2D eigenvalue weighted by Crippen LogP contribution is 2.29. The molecule has 0 saturated carbocycles. The van der Waals surface area contributed by atoms with E-state index in [9.17, 15) is 13.2 Å². The monoisotopic (exact) mass is 441 g/mol. The van der Waals surface area contributed by atoms with E-state index in [2.05, 4.69) is 10.6 Å². The molecule has 0 bridgehead atoms. The first-order chi connectivity index (χ1) is 11.7. The van der Waals surface area contributed by atoms with Crippen LogP contribution in [0.1, 0.15) is 12.8 Å². The number of nitrogens with zero attached hydrogens (tertiary/aromatic N) is 1. The van der Waals surface area contributed by atoms with Gasteiger partial charge in [0.1, 0.15) is 12.4 Å². The number of nitrogens with one attached hydrogen (secondary N) is 2. The maximum atomic E-state index is 12.7. The highest BCUT2D eigenvalue weighted by atomic mass is 35.5. The largest absolute Gasteiger partial charge is 0.492 e. The molecule has 0 unspecified atom stereocenters. The summed E-state index contributed by atoms with van der Waals surface area (Å²) in [6.07, 6.45) is 1.70. The van der Waals surface area contributed by atoms with E-state index in [-0.39, 0.29) is 37.7 Å². The Balaban J connectivity index is 0.00000338. The van der Waals surface area contributed by atoms with E-state index in [1.54, 1.807) is 24.3 Å². The van der Waals surface area contributed by atoms with E-state index in [4.69, 9.17) is 4.74 Å². The minimum atomic E-state index is -3.52. The zero-order valence-corrected chi connectivity index (χ0v) is 18.3. The Bertz CT molecular complexity index is 691. The molecule has 1 fully saturated rings. The smallest absolute Gasteiger partial charge is 0.245 e. The Morgan fingerprint density at radius 1 is 1.19 bits per heavy atom. The van der Waals surface area contributed by atoms with Crippen molar-refractivity contribution in [3.8, 4) is 5.75 Å². The van der Waals surface area contributed by atoms with Crippen LogP contribution in [0.4, 0.5) is 5.69 Å². The van der Waals surface area contributed by atoms with Gasteiger partial charge in [-0.2, -0.15) is 0 Å². The summed E-state index contributed by atoms with van der Waals surface area (Å²) in [4.78, 5) is 14.7. The molecule has 0 aliphatic carbocycles. The molecule has 1 saturated heterocycles. The Morgan fingerprint density at radius 2 is 1.74 bits per heavy atom. The fourth-order valence-corrected chi connectivity index (χ4v) is 4.16. The molecule has 2 rings (SSSR count). The number of amides is 1. The molecule has 156 valence electrons. The minimum absolute atomic E-state index is 0. The summed E-state index contributed by atoms with van der Waals surface area (Å²) < 4.78 is 28.8. The molecule has 10 heteroatoms. The molecule has 1 heterocycles. The number of halogens is 2. The SMILES string of the molecule is CN(C)CCOc1ccc(NC(=O)C2(S(C)(=O)=O)CCNCC2)cc1.Cl.Cl. The zero-order chi connectivity index (χ0) is 18.5. The number of carbonyl (C=O) groups is 1. The maximum Gasteiger partial charge on any atom is 0.245 e. The number of rotatable bonds is 7. The van der Waals surface area contributed by atoms with Gasteiger partial charge < -0.3 is 20.3 Å². The first kappa shape index (κ1) is 25.9. The summed E-state index contributed by atoms with van der Waals surface area (Å²) in [5.41, 5.74) is 0.562. The third kappa shape index (κ3) is 6.80. The van der Waals surface area contributed by atoms with Crippen LogP contribution in [0.2, 0.25) is 0 Å². The van der Waals surface area contributed by atoms with Gasteiger partial charge in [-0.1, -0.05) is 0 Å². The third-order valence-corrected chi connectivity index (χ3v) is 6.47. The van der Waals surface area contributed by atoms with Gasteiger partial charge >= 0.3 is 0 Å². The zero-order valence-electron chi connectivity index (χ0n) is 15.9. The lowest BCUT2D eigenvalue weighted by atomic mass is 9.95. The molecular weight excluding hydrogens is 413 g/mol. The van der Waals surface area contributed by atoms with Gasteiger partial charge in [-0.15, -0.1) is 24.8 Å². The van der Waals surface area contributed by atoms with Crippen LogP contribution in [0, 0.1) is 0 Å². The quantitative estimate of drug-likeness (QED) is 0.667. The summed E-state index contributed by atoms with van der Waals surface area (Å²) in [6, 6.07) is 6.97. The van der Waals surface area contributed by atoms with Crippen LogP contribution in [0.15, 0.2) is 24.3 Å². The van der Waals surface area contributed by atoms with Crippen LogP contribution in [0.3, 0.4) is 0 Å². The van der Waals surface area contributed by atoms with Crippen LogP contribution < -0.4 is 15.4 Å². The molecule has 1 amide bonds. The van der Waals surface area contributed by atoms with E-state index in [1.807, 2.05) is 19.0 Å². The van der Waals surface area contributed by atoms with Gasteiger partial charge in [0.05, 0.1) is 0 Å². The van der Waals surface area contributed by atoms with Gasteiger partial charge in [-0.05, 0) is 64.3 Å². The third-order valence-electron chi connectivity index (χ3n) is 4.45. The second-order valence-electron chi connectivity index (χ2n) is 6.65. The van der Waals surface area contributed by atoms with Crippen molar-refractivity contribution >= 4 is 46.2 Å². The number of ether oxygens (including phenoxy) is 1. The number of anilines is 1. The fourth-order valence-electron chi connectivity index (χ4n) is 2.82. The summed E-state index contributed by atoms with van der Waals surface area (Å²) in [7, 11) is 0.429. The van der Waals surface area contributed by atoms with E-state index >= 15 is 0 Å². The molecule has 1 aliphatic heterocycles. The van der Waals surface area contributed by atoms with Crippen molar-refractivity contribution in [2.45, 2.75) is 17.6 Å². The average molecular weight is 442 g/mol. The van der Waals surface area contributed by atoms with Crippen molar-refractivity contribution in [3.63, 3.8) is 0 Å². The van der Waals surface area contributed by atoms with Crippen LogP contribution in [-0.4, -0.2) is 70.6 Å². The summed E-state index contributed by atoms with van der Waals surface area (Å²) >= 11 is 0. The van der Waals surface area contributed by atoms with Crippen molar-refractivity contribution in [1.29, 1.82) is 0 Å². The van der Waals surface area contributed by atoms with E-state index in [1.165, 1.54) is 0 Å². The van der Waals surface area contributed by atoms with E-state index < -0.39 is 20.5 Å². The van der Waals surface area contributed by atoms with Crippen molar-refractivity contribution in [2.75, 3.05) is 51.9 Å². The van der Waals surface area contributed by atoms with Crippen molar-refractivity contribution in [3.05, 3.63) is 24.3 Å². The number of benzene rings is 1. The number of piperidine rings is 1.